The Bertz CT molecular complexity index is 826. The summed E-state index contributed by atoms with van der Waals surface area (Å²) in [6.45, 7) is 11.7. The van der Waals surface area contributed by atoms with Gasteiger partial charge in [0.15, 0.2) is 11.2 Å². The molecule has 7 heteroatoms. The Kier molecular flexibility index (Phi) is 10.8. The molecule has 0 aliphatic carbocycles. The second kappa shape index (κ2) is 12.5. The van der Waals surface area contributed by atoms with Crippen LogP contribution in [0, 0.1) is 0 Å². The molecule has 0 aromatic carbocycles. The number of hydrogen-bond acceptors (Lipinski definition) is 4. The number of imidazole rings is 1. The van der Waals surface area contributed by atoms with E-state index in [2.05, 4.69) is 31.1 Å². The number of nitrogens with one attached hydrogen (secondary N) is 1. The van der Waals surface area contributed by atoms with E-state index in [1.807, 2.05) is 11.5 Å². The maximum Gasteiger partial charge on any atom is 0.332 e. The van der Waals surface area contributed by atoms with Crippen molar-refractivity contribution >= 4 is 11.2 Å². The first-order valence-electron chi connectivity index (χ1n) is 10.8. The Balaban J connectivity index is 0.000000370. The molecule has 2 heterocycles. The van der Waals surface area contributed by atoms with Crippen molar-refractivity contribution in [3.05, 3.63) is 26.7 Å². The Labute approximate surface area is 168 Å². The van der Waals surface area contributed by atoms with Gasteiger partial charge in [-0.1, -0.05) is 47.0 Å². The first-order chi connectivity index (χ1) is 13.4. The predicted molar refractivity (Wildman–Crippen MR) is 117 cm³/mol. The maximum absolute atomic E-state index is 12.3. The van der Waals surface area contributed by atoms with Crippen molar-refractivity contribution in [1.29, 1.82) is 0 Å². The van der Waals surface area contributed by atoms with Gasteiger partial charge in [-0.25, -0.2) is 9.78 Å². The van der Waals surface area contributed by atoms with Crippen LogP contribution in [0.1, 0.15) is 72.0 Å². The van der Waals surface area contributed by atoms with Crippen molar-refractivity contribution in [3.63, 3.8) is 0 Å². The van der Waals surface area contributed by atoms with Gasteiger partial charge < -0.3 is 9.88 Å². The molecule has 0 radical (unpaired) electrons. The van der Waals surface area contributed by atoms with Crippen molar-refractivity contribution in [2.45, 2.75) is 79.2 Å². The van der Waals surface area contributed by atoms with Crippen LogP contribution in [0.15, 0.2) is 9.59 Å². The molecule has 0 atom stereocenters. The third-order valence-electron chi connectivity index (χ3n) is 4.89. The summed E-state index contributed by atoms with van der Waals surface area (Å²) in [6.07, 6.45) is 8.04. The summed E-state index contributed by atoms with van der Waals surface area (Å²) in [6, 6.07) is 0. The minimum absolute atomic E-state index is 0.263. The molecule has 0 aliphatic heterocycles. The highest BCUT2D eigenvalue weighted by Crippen LogP contribution is 2.12. The molecule has 0 spiro atoms. The van der Waals surface area contributed by atoms with E-state index >= 15 is 0 Å². The van der Waals surface area contributed by atoms with Crippen molar-refractivity contribution in [2.24, 2.45) is 14.1 Å². The van der Waals surface area contributed by atoms with E-state index in [9.17, 15) is 9.59 Å². The second-order valence-electron chi connectivity index (χ2n) is 7.22. The van der Waals surface area contributed by atoms with Gasteiger partial charge in [0.2, 0.25) is 0 Å². The quantitative estimate of drug-likeness (QED) is 0.630. The summed E-state index contributed by atoms with van der Waals surface area (Å²) in [7, 11) is 3.16. The average Bonchev–Trinajstić information content (AvgIpc) is 3.08. The van der Waals surface area contributed by atoms with Crippen molar-refractivity contribution in [2.75, 3.05) is 13.1 Å². The van der Waals surface area contributed by atoms with Crippen LogP contribution in [0.25, 0.3) is 11.2 Å². The molecule has 0 unspecified atom stereocenters. The number of hydrogen-bond donors (Lipinski definition) is 1. The maximum atomic E-state index is 12.3. The molecule has 0 fully saturated rings. The van der Waals surface area contributed by atoms with E-state index in [4.69, 9.17) is 0 Å². The third-order valence-corrected chi connectivity index (χ3v) is 4.89. The van der Waals surface area contributed by atoms with Crippen LogP contribution in [0.2, 0.25) is 0 Å². The molecule has 0 saturated heterocycles. The summed E-state index contributed by atoms with van der Waals surface area (Å²) in [5, 5.41) is 3.39. The van der Waals surface area contributed by atoms with Crippen LogP contribution in [-0.4, -0.2) is 31.8 Å². The Hall–Kier alpha value is -1.89. The molecule has 0 aliphatic rings. The number of aryl methyl sites for hydroxylation is 3. The van der Waals surface area contributed by atoms with Gasteiger partial charge in [0.1, 0.15) is 5.82 Å². The van der Waals surface area contributed by atoms with Gasteiger partial charge in [0.05, 0.1) is 0 Å². The summed E-state index contributed by atoms with van der Waals surface area (Å²) in [4.78, 5) is 28.7. The normalized spacial score (nSPS) is 10.9. The van der Waals surface area contributed by atoms with Gasteiger partial charge in [0.25, 0.3) is 5.56 Å². The zero-order valence-corrected chi connectivity index (χ0v) is 18.7. The van der Waals surface area contributed by atoms with Gasteiger partial charge >= 0.3 is 5.69 Å². The standard InChI is InChI=1S/C13H20N4O2.C8H19N/c1-5-7-8-17-9(6-2)14-11-10(17)12(18)16(4)13(19)15(11)3;1-3-5-7-9-8-6-4-2/h5-8H2,1-4H3;9H,3-8H2,1-2H3. The summed E-state index contributed by atoms with van der Waals surface area (Å²) >= 11 is 0. The minimum Gasteiger partial charge on any atom is -0.322 e. The fourth-order valence-corrected chi connectivity index (χ4v) is 3.05. The minimum atomic E-state index is -0.333. The van der Waals surface area contributed by atoms with Crippen molar-refractivity contribution in [3.8, 4) is 0 Å². The topological polar surface area (TPSA) is 73.8 Å². The molecule has 28 heavy (non-hydrogen) atoms. The van der Waals surface area contributed by atoms with Crippen molar-refractivity contribution in [1.82, 2.24) is 24.0 Å². The smallest absolute Gasteiger partial charge is 0.322 e. The van der Waals surface area contributed by atoms with Gasteiger partial charge in [-0.2, -0.15) is 0 Å². The Morgan fingerprint density at radius 2 is 1.43 bits per heavy atom. The lowest BCUT2D eigenvalue weighted by molar-refractivity contribution is 0.611. The van der Waals surface area contributed by atoms with Crippen LogP contribution < -0.4 is 16.6 Å². The summed E-state index contributed by atoms with van der Waals surface area (Å²) in [5.41, 5.74) is 0.428. The fourth-order valence-electron chi connectivity index (χ4n) is 3.05. The molecular formula is C21H39N5O2. The van der Waals surface area contributed by atoms with Crippen LogP contribution >= 0.6 is 0 Å². The number of unbranched alkanes of at least 4 members (excludes halogenated alkanes) is 3. The molecule has 0 bridgehead atoms. The molecule has 1 N–H and O–H groups in total. The Morgan fingerprint density at radius 3 is 1.93 bits per heavy atom. The average molecular weight is 394 g/mol. The van der Waals surface area contributed by atoms with Gasteiger partial charge in [-0.05, 0) is 32.4 Å². The van der Waals surface area contributed by atoms with Crippen LogP contribution in [0.4, 0.5) is 0 Å². The molecule has 0 amide bonds. The molecule has 0 saturated carbocycles. The van der Waals surface area contributed by atoms with Crippen molar-refractivity contribution < 1.29 is 0 Å². The van der Waals surface area contributed by atoms with E-state index in [0.717, 1.165) is 36.2 Å². The monoisotopic (exact) mass is 393 g/mol. The molecule has 2 aromatic rings. The van der Waals surface area contributed by atoms with E-state index < -0.39 is 0 Å². The van der Waals surface area contributed by atoms with Gasteiger partial charge in [-0.15, -0.1) is 0 Å². The number of aromatic nitrogens is 4. The van der Waals surface area contributed by atoms with Crippen LogP contribution in [0.5, 0.6) is 0 Å². The lowest BCUT2D eigenvalue weighted by Gasteiger charge is -2.07. The first-order valence-corrected chi connectivity index (χ1v) is 10.8. The molecule has 2 aromatic heterocycles. The van der Waals surface area contributed by atoms with E-state index in [0.29, 0.717) is 11.2 Å². The van der Waals surface area contributed by atoms with E-state index in [1.165, 1.54) is 50.4 Å². The van der Waals surface area contributed by atoms with Crippen LogP contribution in [-0.2, 0) is 27.1 Å². The van der Waals surface area contributed by atoms with E-state index in [-0.39, 0.29) is 11.2 Å². The SMILES string of the molecule is CCCCNCCCC.CCCCn1c(CC)nc2c1c(=O)n(C)c(=O)n2C. The fraction of sp³-hybridized carbons (Fsp3) is 0.762. The largest absolute Gasteiger partial charge is 0.332 e. The zero-order valence-electron chi connectivity index (χ0n) is 18.7. The third kappa shape index (κ3) is 6.06. The summed E-state index contributed by atoms with van der Waals surface area (Å²) < 4.78 is 4.55. The predicted octanol–water partition coefficient (Wildman–Crippen LogP) is 2.97. The zero-order chi connectivity index (χ0) is 21.1. The van der Waals surface area contributed by atoms with E-state index in [1.54, 1.807) is 7.05 Å². The molecular weight excluding hydrogens is 354 g/mol. The highest BCUT2D eigenvalue weighted by molar-refractivity contribution is 5.71. The number of fused-ring (bicyclic) bond motifs is 1. The summed E-state index contributed by atoms with van der Waals surface area (Å²) in [5.74, 6) is 0.863. The first kappa shape index (κ1) is 24.1. The highest BCUT2D eigenvalue weighted by Gasteiger charge is 2.17. The lowest BCUT2D eigenvalue weighted by atomic mass is 10.3. The van der Waals surface area contributed by atoms with Gasteiger partial charge in [0, 0.05) is 27.1 Å². The lowest BCUT2D eigenvalue weighted by Crippen LogP contribution is -2.37. The number of rotatable bonds is 10. The Morgan fingerprint density at radius 1 is 0.857 bits per heavy atom. The highest BCUT2D eigenvalue weighted by atomic mass is 16.2. The molecule has 160 valence electrons. The van der Waals surface area contributed by atoms with Gasteiger partial charge in [-0.3, -0.25) is 13.9 Å². The molecule has 7 nitrogen and oxygen atoms in total. The van der Waals surface area contributed by atoms with Crippen LogP contribution in [0.3, 0.4) is 0 Å². The molecule has 2 rings (SSSR count). The second-order valence-corrected chi connectivity index (χ2v) is 7.22. The number of nitrogens with zero attached hydrogens (tertiary/aromatic N) is 4.